The van der Waals surface area contributed by atoms with Crippen LogP contribution < -0.4 is 9.47 Å². The van der Waals surface area contributed by atoms with Crippen molar-refractivity contribution < 1.29 is 23.8 Å². The van der Waals surface area contributed by atoms with E-state index in [1.54, 1.807) is 24.3 Å². The molecule has 5 heteroatoms. The third-order valence-electron chi connectivity index (χ3n) is 2.81. The second-order valence-corrected chi connectivity index (χ2v) is 4.30. The lowest BCUT2D eigenvalue weighted by Crippen LogP contribution is -2.06. The van der Waals surface area contributed by atoms with Gasteiger partial charge in [-0.3, -0.25) is 0 Å². The van der Waals surface area contributed by atoms with E-state index in [4.69, 9.17) is 14.6 Å². The molecule has 1 N–H and O–H groups in total. The fourth-order valence-electron chi connectivity index (χ4n) is 1.87. The third-order valence-corrected chi connectivity index (χ3v) is 2.81. The fraction of sp³-hybridized carbons (Fsp3) is 0.188. The molecule has 0 heterocycles. The summed E-state index contributed by atoms with van der Waals surface area (Å²) < 4.78 is 24.1. The van der Waals surface area contributed by atoms with Gasteiger partial charge >= 0.3 is 5.97 Å². The van der Waals surface area contributed by atoms with Crippen molar-refractivity contribution in [2.24, 2.45) is 0 Å². The highest BCUT2D eigenvalue weighted by molar-refractivity contribution is 5.89. The molecular weight excluding hydrogens is 275 g/mol. The van der Waals surface area contributed by atoms with Crippen LogP contribution in [-0.4, -0.2) is 17.7 Å². The molecule has 2 aromatic rings. The second kappa shape index (κ2) is 6.74. The normalized spacial score (nSPS) is 10.2. The molecule has 0 amide bonds. The SMILES string of the molecule is CCOc1cccc(OCc2cc(F)ccc2C(=O)O)c1. The molecule has 0 saturated carbocycles. The van der Waals surface area contributed by atoms with E-state index in [-0.39, 0.29) is 17.7 Å². The maximum atomic E-state index is 13.2. The van der Waals surface area contributed by atoms with E-state index in [9.17, 15) is 9.18 Å². The Hall–Kier alpha value is -2.56. The number of halogens is 1. The summed E-state index contributed by atoms with van der Waals surface area (Å²) in [6.07, 6.45) is 0. The Balaban J connectivity index is 2.14. The van der Waals surface area contributed by atoms with Gasteiger partial charge in [0.25, 0.3) is 0 Å². The van der Waals surface area contributed by atoms with E-state index >= 15 is 0 Å². The molecule has 2 aromatic carbocycles. The first-order valence-electron chi connectivity index (χ1n) is 6.47. The van der Waals surface area contributed by atoms with Crippen LogP contribution in [0.5, 0.6) is 11.5 Å². The van der Waals surface area contributed by atoms with E-state index in [0.717, 1.165) is 12.1 Å². The number of hydrogen-bond acceptors (Lipinski definition) is 3. The number of rotatable bonds is 6. The molecule has 0 atom stereocenters. The Bertz CT molecular complexity index is 640. The molecule has 21 heavy (non-hydrogen) atoms. The van der Waals surface area contributed by atoms with Crippen molar-refractivity contribution in [3.8, 4) is 11.5 Å². The summed E-state index contributed by atoms with van der Waals surface area (Å²) in [6, 6.07) is 10.5. The van der Waals surface area contributed by atoms with Gasteiger partial charge in [0.2, 0.25) is 0 Å². The Morgan fingerprint density at radius 1 is 1.14 bits per heavy atom. The van der Waals surface area contributed by atoms with Crippen molar-refractivity contribution in [2.45, 2.75) is 13.5 Å². The summed E-state index contributed by atoms with van der Waals surface area (Å²) in [6.45, 7) is 2.38. The minimum Gasteiger partial charge on any atom is -0.494 e. The van der Waals surface area contributed by atoms with Crippen molar-refractivity contribution in [1.29, 1.82) is 0 Å². The summed E-state index contributed by atoms with van der Waals surface area (Å²) >= 11 is 0. The van der Waals surface area contributed by atoms with Crippen molar-refractivity contribution >= 4 is 5.97 Å². The van der Waals surface area contributed by atoms with Crippen molar-refractivity contribution in [1.82, 2.24) is 0 Å². The largest absolute Gasteiger partial charge is 0.494 e. The average molecular weight is 290 g/mol. The smallest absolute Gasteiger partial charge is 0.336 e. The van der Waals surface area contributed by atoms with Crippen LogP contribution in [-0.2, 0) is 6.61 Å². The predicted octanol–water partition coefficient (Wildman–Crippen LogP) is 3.50. The Labute approximate surface area is 121 Å². The van der Waals surface area contributed by atoms with Gasteiger partial charge in [0.1, 0.15) is 23.9 Å². The lowest BCUT2D eigenvalue weighted by Gasteiger charge is -2.10. The lowest BCUT2D eigenvalue weighted by atomic mass is 10.1. The van der Waals surface area contributed by atoms with Crippen molar-refractivity contribution in [3.05, 3.63) is 59.4 Å². The van der Waals surface area contributed by atoms with Crippen LogP contribution >= 0.6 is 0 Å². The van der Waals surface area contributed by atoms with Crippen molar-refractivity contribution in [2.75, 3.05) is 6.61 Å². The Morgan fingerprint density at radius 2 is 1.86 bits per heavy atom. The zero-order valence-electron chi connectivity index (χ0n) is 11.5. The van der Waals surface area contributed by atoms with Crippen LogP contribution in [0, 0.1) is 5.82 Å². The summed E-state index contributed by atoms with van der Waals surface area (Å²) in [5, 5.41) is 9.07. The number of carboxylic acids is 1. The number of carbonyl (C=O) groups is 1. The molecule has 2 rings (SSSR count). The van der Waals surface area contributed by atoms with Gasteiger partial charge in [-0.05, 0) is 37.3 Å². The zero-order chi connectivity index (χ0) is 15.2. The van der Waals surface area contributed by atoms with Crippen LogP contribution in [0.25, 0.3) is 0 Å². The number of ether oxygens (including phenoxy) is 2. The number of benzene rings is 2. The van der Waals surface area contributed by atoms with Gasteiger partial charge in [0, 0.05) is 11.6 Å². The molecule has 0 fully saturated rings. The number of aromatic carboxylic acids is 1. The quantitative estimate of drug-likeness (QED) is 0.884. The van der Waals surface area contributed by atoms with E-state index in [2.05, 4.69) is 0 Å². The van der Waals surface area contributed by atoms with E-state index in [1.165, 1.54) is 6.07 Å². The minimum atomic E-state index is -1.11. The zero-order valence-corrected chi connectivity index (χ0v) is 11.5. The molecule has 0 unspecified atom stereocenters. The van der Waals surface area contributed by atoms with Gasteiger partial charge in [-0.15, -0.1) is 0 Å². The maximum absolute atomic E-state index is 13.2. The fourth-order valence-corrected chi connectivity index (χ4v) is 1.87. The highest BCUT2D eigenvalue weighted by Gasteiger charge is 2.11. The molecule has 0 aromatic heterocycles. The maximum Gasteiger partial charge on any atom is 0.336 e. The first kappa shape index (κ1) is 14.8. The Kier molecular flexibility index (Phi) is 4.77. The number of carboxylic acid groups (broad SMARTS) is 1. The van der Waals surface area contributed by atoms with E-state index in [1.807, 2.05) is 6.92 Å². The molecular formula is C16H15FO4. The van der Waals surface area contributed by atoms with Crippen LogP contribution in [0.1, 0.15) is 22.8 Å². The van der Waals surface area contributed by atoms with Gasteiger partial charge in [0.05, 0.1) is 12.2 Å². The van der Waals surface area contributed by atoms with Crippen LogP contribution in [0.15, 0.2) is 42.5 Å². The van der Waals surface area contributed by atoms with Gasteiger partial charge in [-0.1, -0.05) is 6.07 Å². The summed E-state index contributed by atoms with van der Waals surface area (Å²) in [5.74, 6) is -0.424. The molecule has 0 radical (unpaired) electrons. The van der Waals surface area contributed by atoms with Gasteiger partial charge < -0.3 is 14.6 Å². The topological polar surface area (TPSA) is 55.8 Å². The van der Waals surface area contributed by atoms with Crippen LogP contribution in [0.3, 0.4) is 0 Å². The number of hydrogen-bond donors (Lipinski definition) is 1. The third kappa shape index (κ3) is 3.95. The molecule has 0 saturated heterocycles. The molecule has 110 valence electrons. The standard InChI is InChI=1S/C16H15FO4/c1-2-20-13-4-3-5-14(9-13)21-10-11-8-12(17)6-7-15(11)16(18)19/h3-9H,2,10H2,1H3,(H,18,19). The monoisotopic (exact) mass is 290 g/mol. The first-order valence-corrected chi connectivity index (χ1v) is 6.47. The van der Waals surface area contributed by atoms with Gasteiger partial charge in [-0.2, -0.15) is 0 Å². The van der Waals surface area contributed by atoms with E-state index < -0.39 is 11.8 Å². The lowest BCUT2D eigenvalue weighted by molar-refractivity contribution is 0.0694. The second-order valence-electron chi connectivity index (χ2n) is 4.30. The van der Waals surface area contributed by atoms with Crippen molar-refractivity contribution in [3.63, 3.8) is 0 Å². The van der Waals surface area contributed by atoms with Crippen LogP contribution in [0.4, 0.5) is 4.39 Å². The molecule has 0 aliphatic carbocycles. The van der Waals surface area contributed by atoms with Gasteiger partial charge in [0.15, 0.2) is 0 Å². The molecule has 0 aliphatic heterocycles. The van der Waals surface area contributed by atoms with E-state index in [0.29, 0.717) is 18.1 Å². The molecule has 0 aliphatic rings. The summed E-state index contributed by atoms with van der Waals surface area (Å²) in [7, 11) is 0. The average Bonchev–Trinajstić information content (AvgIpc) is 2.45. The molecule has 4 nitrogen and oxygen atoms in total. The first-order chi connectivity index (χ1) is 10.1. The summed E-state index contributed by atoms with van der Waals surface area (Å²) in [5.41, 5.74) is 0.307. The Morgan fingerprint density at radius 3 is 2.52 bits per heavy atom. The highest BCUT2D eigenvalue weighted by Crippen LogP contribution is 2.21. The predicted molar refractivity (Wildman–Crippen MR) is 75.3 cm³/mol. The minimum absolute atomic E-state index is 0.0253. The van der Waals surface area contributed by atoms with Gasteiger partial charge in [-0.25, -0.2) is 9.18 Å². The molecule has 0 spiro atoms. The molecule has 0 bridgehead atoms. The highest BCUT2D eigenvalue weighted by atomic mass is 19.1. The van der Waals surface area contributed by atoms with Crippen LogP contribution in [0.2, 0.25) is 0 Å². The summed E-state index contributed by atoms with van der Waals surface area (Å²) in [4.78, 5) is 11.1.